The predicted octanol–water partition coefficient (Wildman–Crippen LogP) is 3.75. The Morgan fingerprint density at radius 1 is 1.22 bits per heavy atom. The summed E-state index contributed by atoms with van der Waals surface area (Å²) in [5.74, 6) is 1.20. The number of hydrogen-bond acceptors (Lipinski definition) is 4. The van der Waals surface area contributed by atoms with Crippen molar-refractivity contribution in [3.05, 3.63) is 45.8 Å². The summed E-state index contributed by atoms with van der Waals surface area (Å²) in [5.41, 5.74) is 2.35. The molecule has 0 saturated carbocycles. The highest BCUT2D eigenvalue weighted by molar-refractivity contribution is 9.10. The number of benzene rings is 1. The van der Waals surface area contributed by atoms with Gasteiger partial charge < -0.3 is 19.4 Å². The second-order valence-electron chi connectivity index (χ2n) is 5.54. The Balaban J connectivity index is 1.87. The molecule has 23 heavy (non-hydrogen) atoms. The van der Waals surface area contributed by atoms with Gasteiger partial charge in [0.2, 0.25) is 0 Å². The van der Waals surface area contributed by atoms with E-state index in [1.165, 1.54) is 0 Å². The second-order valence-corrected chi connectivity index (χ2v) is 6.46. The van der Waals surface area contributed by atoms with E-state index >= 15 is 0 Å². The maximum absolute atomic E-state index is 12.6. The second kappa shape index (κ2) is 6.76. The molecule has 1 aliphatic heterocycles. The van der Waals surface area contributed by atoms with E-state index in [0.29, 0.717) is 24.5 Å². The SMILES string of the molecule is Cc1cc(C(=O)Nc2cc(Br)ccc2N2CCOCC2)c(C)o1. The summed E-state index contributed by atoms with van der Waals surface area (Å²) < 4.78 is 11.8. The number of amides is 1. The minimum atomic E-state index is -0.160. The molecule has 0 atom stereocenters. The summed E-state index contributed by atoms with van der Waals surface area (Å²) in [6, 6.07) is 7.67. The first kappa shape index (κ1) is 16.1. The molecule has 2 aromatic rings. The Kier molecular flexibility index (Phi) is 4.73. The number of nitrogens with zero attached hydrogens (tertiary/aromatic N) is 1. The lowest BCUT2D eigenvalue weighted by Crippen LogP contribution is -2.36. The lowest BCUT2D eigenvalue weighted by atomic mass is 10.2. The molecule has 1 aromatic heterocycles. The van der Waals surface area contributed by atoms with Gasteiger partial charge in [-0.15, -0.1) is 0 Å². The van der Waals surface area contributed by atoms with Gasteiger partial charge in [-0.2, -0.15) is 0 Å². The molecule has 122 valence electrons. The van der Waals surface area contributed by atoms with Crippen molar-refractivity contribution in [1.29, 1.82) is 0 Å². The molecule has 1 fully saturated rings. The van der Waals surface area contributed by atoms with Gasteiger partial charge >= 0.3 is 0 Å². The molecule has 6 heteroatoms. The first-order valence-corrected chi connectivity index (χ1v) is 8.34. The molecule has 1 saturated heterocycles. The minimum absolute atomic E-state index is 0.160. The molecule has 1 aromatic carbocycles. The van der Waals surface area contributed by atoms with Crippen molar-refractivity contribution < 1.29 is 13.9 Å². The zero-order valence-electron chi connectivity index (χ0n) is 13.2. The quantitative estimate of drug-likeness (QED) is 0.883. The number of carbonyl (C=O) groups is 1. The molecule has 5 nitrogen and oxygen atoms in total. The molecule has 3 rings (SSSR count). The van der Waals surface area contributed by atoms with Crippen molar-refractivity contribution in [1.82, 2.24) is 0 Å². The fourth-order valence-electron chi connectivity index (χ4n) is 2.73. The Labute approximate surface area is 143 Å². The highest BCUT2D eigenvalue weighted by Crippen LogP contribution is 2.30. The Morgan fingerprint density at radius 3 is 2.61 bits per heavy atom. The summed E-state index contributed by atoms with van der Waals surface area (Å²) >= 11 is 3.47. The van der Waals surface area contributed by atoms with Crippen LogP contribution in [0.5, 0.6) is 0 Å². The number of anilines is 2. The first-order chi connectivity index (χ1) is 11.0. The summed E-state index contributed by atoms with van der Waals surface area (Å²) in [5, 5.41) is 3.01. The van der Waals surface area contributed by atoms with Crippen LogP contribution in [0, 0.1) is 13.8 Å². The largest absolute Gasteiger partial charge is 0.466 e. The van der Waals surface area contributed by atoms with Crippen LogP contribution >= 0.6 is 15.9 Å². The van der Waals surface area contributed by atoms with E-state index < -0.39 is 0 Å². The first-order valence-electron chi connectivity index (χ1n) is 7.55. The van der Waals surface area contributed by atoms with Crippen molar-refractivity contribution in [3.8, 4) is 0 Å². The van der Waals surface area contributed by atoms with Gasteiger partial charge in [-0.1, -0.05) is 15.9 Å². The molecular formula is C17H19BrN2O3. The molecule has 1 amide bonds. The monoisotopic (exact) mass is 378 g/mol. The van der Waals surface area contributed by atoms with E-state index in [1.54, 1.807) is 13.0 Å². The van der Waals surface area contributed by atoms with Crippen LogP contribution in [0.3, 0.4) is 0 Å². The summed E-state index contributed by atoms with van der Waals surface area (Å²) in [4.78, 5) is 14.8. The van der Waals surface area contributed by atoms with Gasteiger partial charge in [0, 0.05) is 17.6 Å². The molecule has 1 aliphatic rings. The molecule has 2 heterocycles. The van der Waals surface area contributed by atoms with Gasteiger partial charge in [0.1, 0.15) is 11.5 Å². The highest BCUT2D eigenvalue weighted by Gasteiger charge is 2.19. The van der Waals surface area contributed by atoms with Crippen molar-refractivity contribution in [3.63, 3.8) is 0 Å². The molecule has 0 aliphatic carbocycles. The highest BCUT2D eigenvalue weighted by atomic mass is 79.9. The van der Waals surface area contributed by atoms with Crippen molar-refractivity contribution in [2.45, 2.75) is 13.8 Å². The number of halogens is 1. The molecular weight excluding hydrogens is 360 g/mol. The number of carbonyl (C=O) groups excluding carboxylic acids is 1. The van der Waals surface area contributed by atoms with Crippen LogP contribution in [0.25, 0.3) is 0 Å². The summed E-state index contributed by atoms with van der Waals surface area (Å²) in [6.07, 6.45) is 0. The van der Waals surface area contributed by atoms with Gasteiger partial charge in [-0.25, -0.2) is 0 Å². The third kappa shape index (κ3) is 3.59. The fourth-order valence-corrected chi connectivity index (χ4v) is 3.10. The number of morpholine rings is 1. The Hall–Kier alpha value is -1.79. The Bertz CT molecular complexity index is 721. The lowest BCUT2D eigenvalue weighted by molar-refractivity contribution is 0.102. The molecule has 0 unspecified atom stereocenters. The molecule has 1 N–H and O–H groups in total. The molecule has 0 bridgehead atoms. The van der Waals surface area contributed by atoms with E-state index in [0.717, 1.165) is 34.7 Å². The van der Waals surface area contributed by atoms with Gasteiger partial charge in [0.05, 0.1) is 30.2 Å². The van der Waals surface area contributed by atoms with Crippen LogP contribution in [0.2, 0.25) is 0 Å². The number of nitrogens with one attached hydrogen (secondary N) is 1. The van der Waals surface area contributed by atoms with Crippen molar-refractivity contribution >= 4 is 33.2 Å². The van der Waals surface area contributed by atoms with E-state index in [4.69, 9.17) is 9.15 Å². The van der Waals surface area contributed by atoms with E-state index in [2.05, 4.69) is 26.1 Å². The van der Waals surface area contributed by atoms with Crippen LogP contribution in [0.4, 0.5) is 11.4 Å². The third-order valence-corrected chi connectivity index (χ3v) is 4.34. The zero-order chi connectivity index (χ0) is 16.4. The number of hydrogen-bond donors (Lipinski definition) is 1. The third-order valence-electron chi connectivity index (χ3n) is 3.84. The fraction of sp³-hybridized carbons (Fsp3) is 0.353. The minimum Gasteiger partial charge on any atom is -0.466 e. The van der Waals surface area contributed by atoms with E-state index in [1.807, 2.05) is 25.1 Å². The van der Waals surface area contributed by atoms with Crippen LogP contribution in [0.1, 0.15) is 21.9 Å². The predicted molar refractivity (Wildman–Crippen MR) is 93.3 cm³/mol. The maximum Gasteiger partial charge on any atom is 0.259 e. The smallest absolute Gasteiger partial charge is 0.259 e. The normalized spacial score (nSPS) is 14.8. The number of aryl methyl sites for hydroxylation is 2. The van der Waals surface area contributed by atoms with E-state index in [-0.39, 0.29) is 5.91 Å². The summed E-state index contributed by atoms with van der Waals surface area (Å²) in [6.45, 7) is 6.66. The number of rotatable bonds is 3. The summed E-state index contributed by atoms with van der Waals surface area (Å²) in [7, 11) is 0. The standard InChI is InChI=1S/C17H19BrN2O3/c1-11-9-14(12(2)23-11)17(21)19-15-10-13(18)3-4-16(15)20-5-7-22-8-6-20/h3-4,9-10H,5-8H2,1-2H3,(H,19,21). The van der Waals surface area contributed by atoms with Crippen LogP contribution in [-0.2, 0) is 4.74 Å². The van der Waals surface area contributed by atoms with Gasteiger partial charge in [0.25, 0.3) is 5.91 Å². The van der Waals surface area contributed by atoms with Crippen LogP contribution in [0.15, 0.2) is 33.2 Å². The lowest BCUT2D eigenvalue weighted by Gasteiger charge is -2.30. The topological polar surface area (TPSA) is 54.7 Å². The molecule has 0 spiro atoms. The van der Waals surface area contributed by atoms with Gasteiger partial charge in [-0.3, -0.25) is 4.79 Å². The van der Waals surface area contributed by atoms with E-state index in [9.17, 15) is 4.79 Å². The average Bonchev–Trinajstić information content (AvgIpc) is 2.87. The number of ether oxygens (including phenoxy) is 1. The maximum atomic E-state index is 12.6. The Morgan fingerprint density at radius 2 is 1.96 bits per heavy atom. The van der Waals surface area contributed by atoms with Crippen molar-refractivity contribution in [2.75, 3.05) is 36.5 Å². The molecule has 0 radical (unpaired) electrons. The van der Waals surface area contributed by atoms with Crippen LogP contribution in [-0.4, -0.2) is 32.2 Å². The average molecular weight is 379 g/mol. The number of furan rings is 1. The van der Waals surface area contributed by atoms with Gasteiger partial charge in [0.15, 0.2) is 0 Å². The zero-order valence-corrected chi connectivity index (χ0v) is 14.8. The van der Waals surface area contributed by atoms with Gasteiger partial charge in [-0.05, 0) is 38.1 Å². The van der Waals surface area contributed by atoms with Crippen LogP contribution < -0.4 is 10.2 Å². The van der Waals surface area contributed by atoms with Crippen molar-refractivity contribution in [2.24, 2.45) is 0 Å².